The molecule has 43 heavy (non-hydrogen) atoms. The van der Waals surface area contributed by atoms with E-state index in [1.54, 1.807) is 4.90 Å². The number of likely N-dealkylation sites (N-methyl/N-ethyl adjacent to an activating group) is 1. The molecule has 0 bridgehead atoms. The van der Waals surface area contributed by atoms with Gasteiger partial charge in [-0.05, 0) is 54.8 Å². The molecule has 9 heteroatoms. The maximum atomic E-state index is 12.6. The number of aromatic nitrogens is 2. The summed E-state index contributed by atoms with van der Waals surface area (Å²) in [5.41, 5.74) is 7.30. The van der Waals surface area contributed by atoms with E-state index in [0.717, 1.165) is 30.0 Å². The molecular weight excluding hydrogens is 538 g/mol. The number of amides is 1. The molecular formula is C34H37N7O2. The van der Waals surface area contributed by atoms with Crippen LogP contribution in [0.15, 0.2) is 61.2 Å². The van der Waals surface area contributed by atoms with Crippen LogP contribution in [0.3, 0.4) is 0 Å². The lowest BCUT2D eigenvalue weighted by molar-refractivity contribution is -0.128. The number of benzene rings is 2. The Morgan fingerprint density at radius 1 is 1.05 bits per heavy atom. The van der Waals surface area contributed by atoms with E-state index in [1.165, 1.54) is 34.8 Å². The van der Waals surface area contributed by atoms with Crippen molar-refractivity contribution >= 4 is 11.7 Å². The fourth-order valence-electron chi connectivity index (χ4n) is 7.37. The summed E-state index contributed by atoms with van der Waals surface area (Å²) in [6.07, 6.45) is 3.87. The first-order chi connectivity index (χ1) is 21.1. The maximum Gasteiger partial charge on any atom is 0.318 e. The standard InChI is InChI=1S/C34H37N7O2/c1-3-31(42)41-18-17-39(19-23(41)14-15-35)33-29-20-40(21-30(29)36-34(37-33)43-22-24-9-8-16-38(24)2)32-27-12-6-4-10-25(27)26-11-5-7-13-28(26)32/h3-7,10-13,23-24,32H,1,8-9,14,16-22H2,2H3. The molecule has 3 aliphatic heterocycles. The van der Waals surface area contributed by atoms with Gasteiger partial charge in [0, 0.05) is 44.3 Å². The predicted octanol–water partition coefficient (Wildman–Crippen LogP) is 4.15. The molecule has 0 N–H and O–H groups in total. The number of likely N-dealkylation sites (tertiary alicyclic amines) is 1. The van der Waals surface area contributed by atoms with Gasteiger partial charge >= 0.3 is 6.01 Å². The Labute approximate surface area is 253 Å². The number of fused-ring (bicyclic) bond motifs is 4. The Kier molecular flexibility index (Phi) is 7.33. The Morgan fingerprint density at radius 2 is 1.79 bits per heavy atom. The number of rotatable bonds is 7. The van der Waals surface area contributed by atoms with Crippen LogP contribution in [0.4, 0.5) is 5.82 Å². The molecule has 9 nitrogen and oxygen atoms in total. The highest BCUT2D eigenvalue weighted by Crippen LogP contribution is 2.49. The molecule has 2 unspecified atom stereocenters. The van der Waals surface area contributed by atoms with Gasteiger partial charge in [0.15, 0.2) is 0 Å². The molecule has 1 aliphatic carbocycles. The molecule has 3 aromatic rings. The van der Waals surface area contributed by atoms with Crippen LogP contribution in [0, 0.1) is 11.3 Å². The third-order valence-electron chi connectivity index (χ3n) is 9.57. The highest BCUT2D eigenvalue weighted by Gasteiger charge is 2.39. The van der Waals surface area contributed by atoms with Crippen molar-refractivity contribution in [3.8, 4) is 23.2 Å². The van der Waals surface area contributed by atoms with Gasteiger partial charge in [-0.25, -0.2) is 0 Å². The van der Waals surface area contributed by atoms with Gasteiger partial charge in [-0.2, -0.15) is 15.2 Å². The number of hydrogen-bond donors (Lipinski definition) is 0. The van der Waals surface area contributed by atoms with Crippen molar-refractivity contribution in [1.29, 1.82) is 5.26 Å². The second kappa shape index (κ2) is 11.4. The SMILES string of the molecule is C=CC(=O)N1CCN(c2nc(OCC3CCCN3C)nc3c2CN(C2c4ccccc4-c4ccccc42)C3)CC1CC#N. The van der Waals surface area contributed by atoms with Crippen LogP contribution in [0.25, 0.3) is 11.1 Å². The Hall–Kier alpha value is -4.26. The minimum Gasteiger partial charge on any atom is -0.462 e. The van der Waals surface area contributed by atoms with E-state index < -0.39 is 0 Å². The van der Waals surface area contributed by atoms with Crippen LogP contribution in [0.5, 0.6) is 6.01 Å². The van der Waals surface area contributed by atoms with Crippen LogP contribution in [0.2, 0.25) is 0 Å². The molecule has 220 valence electrons. The topological polar surface area (TPSA) is 88.8 Å². The zero-order valence-corrected chi connectivity index (χ0v) is 24.7. The normalized spacial score (nSPS) is 21.8. The van der Waals surface area contributed by atoms with Crippen molar-refractivity contribution in [2.75, 3.05) is 44.7 Å². The molecule has 1 aromatic heterocycles. The zero-order valence-electron chi connectivity index (χ0n) is 24.7. The second-order valence-electron chi connectivity index (χ2n) is 12.0. The summed E-state index contributed by atoms with van der Waals surface area (Å²) >= 11 is 0. The Bertz CT molecular complexity index is 1550. The molecule has 7 rings (SSSR count). The van der Waals surface area contributed by atoms with Crippen LogP contribution in [-0.2, 0) is 17.9 Å². The molecule has 2 fully saturated rings. The number of anilines is 1. The lowest BCUT2D eigenvalue weighted by atomic mass is 10.0. The number of nitriles is 1. The summed E-state index contributed by atoms with van der Waals surface area (Å²) in [6.45, 7) is 8.35. The van der Waals surface area contributed by atoms with Crippen molar-refractivity contribution in [2.45, 2.75) is 50.5 Å². The molecule has 1 amide bonds. The largest absolute Gasteiger partial charge is 0.462 e. The summed E-state index contributed by atoms with van der Waals surface area (Å²) in [7, 11) is 2.14. The molecule has 2 atom stereocenters. The number of piperazine rings is 1. The number of hydrogen-bond acceptors (Lipinski definition) is 8. The molecule has 2 saturated heterocycles. The van der Waals surface area contributed by atoms with Crippen molar-refractivity contribution in [3.05, 3.63) is 83.6 Å². The lowest BCUT2D eigenvalue weighted by Crippen LogP contribution is -2.55. The van der Waals surface area contributed by atoms with Gasteiger partial charge in [-0.3, -0.25) is 9.69 Å². The van der Waals surface area contributed by atoms with Crippen LogP contribution in [-0.4, -0.2) is 82.5 Å². The van der Waals surface area contributed by atoms with E-state index in [1.807, 2.05) is 0 Å². The fourth-order valence-corrected chi connectivity index (χ4v) is 7.37. The van der Waals surface area contributed by atoms with Crippen LogP contribution in [0.1, 0.15) is 47.7 Å². The molecule has 4 aliphatic rings. The fraction of sp³-hybridized carbons (Fsp3) is 0.412. The van der Waals surface area contributed by atoms with Crippen LogP contribution >= 0.6 is 0 Å². The van der Waals surface area contributed by atoms with Crippen molar-refractivity contribution < 1.29 is 9.53 Å². The minimum atomic E-state index is -0.238. The summed E-state index contributed by atoms with van der Waals surface area (Å²) in [5.74, 6) is 0.720. The van der Waals surface area contributed by atoms with Gasteiger partial charge in [0.05, 0.1) is 30.3 Å². The smallest absolute Gasteiger partial charge is 0.318 e. The average molecular weight is 576 g/mol. The summed E-state index contributed by atoms with van der Waals surface area (Å²) < 4.78 is 6.30. The summed E-state index contributed by atoms with van der Waals surface area (Å²) in [5, 5.41) is 9.57. The van der Waals surface area contributed by atoms with E-state index in [2.05, 4.69) is 82.9 Å². The third kappa shape index (κ3) is 4.94. The number of carbonyl (C=O) groups is 1. The summed E-state index contributed by atoms with van der Waals surface area (Å²) in [6, 6.07) is 20.3. The van der Waals surface area contributed by atoms with Gasteiger partial charge in [-0.1, -0.05) is 55.1 Å². The minimum absolute atomic E-state index is 0.124. The molecule has 0 radical (unpaired) electrons. The van der Waals surface area contributed by atoms with Gasteiger partial charge in [0.2, 0.25) is 5.91 Å². The monoisotopic (exact) mass is 575 g/mol. The first-order valence-corrected chi connectivity index (χ1v) is 15.3. The first-order valence-electron chi connectivity index (χ1n) is 15.3. The number of nitrogens with zero attached hydrogens (tertiary/aromatic N) is 7. The predicted molar refractivity (Wildman–Crippen MR) is 164 cm³/mol. The Morgan fingerprint density at radius 3 is 2.47 bits per heavy atom. The van der Waals surface area contributed by atoms with Crippen molar-refractivity contribution in [3.63, 3.8) is 0 Å². The van der Waals surface area contributed by atoms with Gasteiger partial charge in [0.25, 0.3) is 0 Å². The summed E-state index contributed by atoms with van der Waals surface area (Å²) in [4.78, 5) is 31.4. The second-order valence-corrected chi connectivity index (χ2v) is 12.0. The van der Waals surface area contributed by atoms with E-state index in [9.17, 15) is 10.1 Å². The first kappa shape index (κ1) is 27.6. The average Bonchev–Trinajstić information content (AvgIpc) is 3.74. The molecule has 2 aromatic carbocycles. The molecule has 0 spiro atoms. The van der Waals surface area contributed by atoms with Gasteiger partial charge in [-0.15, -0.1) is 0 Å². The van der Waals surface area contributed by atoms with Crippen LogP contribution < -0.4 is 9.64 Å². The van der Waals surface area contributed by atoms with Gasteiger partial charge < -0.3 is 19.4 Å². The maximum absolute atomic E-state index is 12.6. The number of carbonyl (C=O) groups excluding carboxylic acids is 1. The van der Waals surface area contributed by atoms with E-state index in [-0.39, 0.29) is 24.4 Å². The van der Waals surface area contributed by atoms with Crippen molar-refractivity contribution in [1.82, 2.24) is 24.7 Å². The zero-order chi connectivity index (χ0) is 29.5. The molecule has 4 heterocycles. The van der Waals surface area contributed by atoms with E-state index in [0.29, 0.717) is 51.4 Å². The molecule has 0 saturated carbocycles. The Balaban J connectivity index is 1.23. The lowest BCUT2D eigenvalue weighted by Gasteiger charge is -2.41. The van der Waals surface area contributed by atoms with Crippen molar-refractivity contribution in [2.24, 2.45) is 0 Å². The number of ether oxygens (including phenoxy) is 1. The van der Waals surface area contributed by atoms with E-state index >= 15 is 0 Å². The van der Waals surface area contributed by atoms with E-state index in [4.69, 9.17) is 14.7 Å². The highest BCUT2D eigenvalue weighted by molar-refractivity contribution is 5.87. The quantitative estimate of drug-likeness (QED) is 0.389. The third-order valence-corrected chi connectivity index (χ3v) is 9.57. The highest BCUT2D eigenvalue weighted by atomic mass is 16.5. The van der Waals surface area contributed by atoms with Gasteiger partial charge in [0.1, 0.15) is 12.4 Å².